The van der Waals surface area contributed by atoms with Gasteiger partial charge in [0, 0.05) is 12.8 Å². The lowest BCUT2D eigenvalue weighted by molar-refractivity contribution is -0.143. The lowest BCUT2D eigenvalue weighted by atomic mass is 10.0. The number of aliphatic hydroxyl groups excluding tert-OH is 2. The number of hydrogen-bond acceptors (Lipinski definition) is 5. The SMILES string of the molecule is CCCCC/C=C\C/C=C\CCCCCCCCCC(=O)OCCCCCCCCCCCCCC/C=C\CCCCCCCCCC(=O)NC(CO)C(O)CCCCCCCCCCCC. The smallest absolute Gasteiger partial charge is 0.305 e. The summed E-state index contributed by atoms with van der Waals surface area (Å²) in [6, 6.07) is -0.544. The van der Waals surface area contributed by atoms with Gasteiger partial charge in [-0.1, -0.05) is 256 Å². The molecule has 3 N–H and O–H groups in total. The highest BCUT2D eigenvalue weighted by molar-refractivity contribution is 5.76. The third kappa shape index (κ3) is 53.3. The van der Waals surface area contributed by atoms with Gasteiger partial charge < -0.3 is 20.3 Å². The maximum absolute atomic E-state index is 12.4. The summed E-state index contributed by atoms with van der Waals surface area (Å²) in [5.74, 6) is -0.0394. The Kier molecular flexibility index (Phi) is 55.0. The van der Waals surface area contributed by atoms with Crippen LogP contribution in [0, 0.1) is 0 Å². The van der Waals surface area contributed by atoms with Crippen LogP contribution in [0.5, 0.6) is 0 Å². The van der Waals surface area contributed by atoms with Crippen molar-refractivity contribution in [3.8, 4) is 0 Å². The molecule has 394 valence electrons. The zero-order valence-electron chi connectivity index (χ0n) is 44.9. The van der Waals surface area contributed by atoms with E-state index < -0.39 is 12.1 Å². The van der Waals surface area contributed by atoms with E-state index in [1.165, 1.54) is 231 Å². The van der Waals surface area contributed by atoms with E-state index in [1.54, 1.807) is 0 Å². The molecule has 1 amide bonds. The fraction of sp³-hybridized carbons (Fsp3) is 0.869. The predicted octanol–water partition coefficient (Wildman–Crippen LogP) is 18.4. The number of hydrogen-bond donors (Lipinski definition) is 3. The summed E-state index contributed by atoms with van der Waals surface area (Å²) < 4.78 is 5.48. The first-order valence-electron chi connectivity index (χ1n) is 29.7. The Morgan fingerprint density at radius 3 is 1.18 bits per heavy atom. The van der Waals surface area contributed by atoms with Crippen molar-refractivity contribution in [2.24, 2.45) is 0 Å². The van der Waals surface area contributed by atoms with Crippen molar-refractivity contribution in [2.75, 3.05) is 13.2 Å². The van der Waals surface area contributed by atoms with Crippen LogP contribution in [0.3, 0.4) is 0 Å². The summed E-state index contributed by atoms with van der Waals surface area (Å²) in [7, 11) is 0. The van der Waals surface area contributed by atoms with E-state index in [1.807, 2.05) is 0 Å². The van der Waals surface area contributed by atoms with Gasteiger partial charge in [0.1, 0.15) is 0 Å². The molecule has 67 heavy (non-hydrogen) atoms. The molecule has 0 aliphatic rings. The Morgan fingerprint density at radius 1 is 0.418 bits per heavy atom. The molecule has 0 aromatic rings. The first kappa shape index (κ1) is 65.1. The second kappa shape index (κ2) is 56.7. The number of nitrogens with one attached hydrogen (secondary N) is 1. The monoisotopic (exact) mass is 942 g/mol. The molecule has 0 radical (unpaired) electrons. The molecular weight excluding hydrogens is 827 g/mol. The normalized spacial score (nSPS) is 12.8. The second-order valence-electron chi connectivity index (χ2n) is 20.3. The van der Waals surface area contributed by atoms with Crippen LogP contribution in [-0.2, 0) is 14.3 Å². The molecule has 0 aliphatic heterocycles. The summed E-state index contributed by atoms with van der Waals surface area (Å²) in [6.07, 6.45) is 70.1. The van der Waals surface area contributed by atoms with E-state index in [0.29, 0.717) is 25.9 Å². The van der Waals surface area contributed by atoms with Crippen molar-refractivity contribution in [1.29, 1.82) is 0 Å². The van der Waals surface area contributed by atoms with Gasteiger partial charge in [-0.25, -0.2) is 0 Å². The lowest BCUT2D eigenvalue weighted by Crippen LogP contribution is -2.45. The number of amides is 1. The van der Waals surface area contributed by atoms with Gasteiger partial charge in [0.05, 0.1) is 25.4 Å². The highest BCUT2D eigenvalue weighted by atomic mass is 16.5. The molecule has 2 unspecified atom stereocenters. The first-order chi connectivity index (χ1) is 33.0. The van der Waals surface area contributed by atoms with Gasteiger partial charge in [-0.05, 0) is 83.5 Å². The standard InChI is InChI=1S/C61H115NO5/c1-3-5-7-9-11-13-15-16-17-25-29-32-35-39-43-47-51-55-61(66)67-56-52-48-44-40-36-33-30-27-24-22-20-18-19-21-23-26-28-31-34-38-42-46-50-54-60(65)62-58(57-63)59(64)53-49-45-41-37-14-12-10-8-6-4-2/h11,13,16-17,21,23,58-59,63-64H,3-10,12,14-15,18-20,22,24-57H2,1-2H3,(H,62,65)/b13-11-,17-16-,23-21-. The summed E-state index contributed by atoms with van der Waals surface area (Å²) in [4.78, 5) is 24.5. The number of allylic oxidation sites excluding steroid dienone is 6. The van der Waals surface area contributed by atoms with E-state index in [9.17, 15) is 19.8 Å². The zero-order chi connectivity index (χ0) is 48.6. The second-order valence-corrected chi connectivity index (χ2v) is 20.3. The number of unbranched alkanes of at least 4 members (excludes halogenated alkanes) is 38. The van der Waals surface area contributed by atoms with Crippen LogP contribution in [0.25, 0.3) is 0 Å². The average molecular weight is 943 g/mol. The average Bonchev–Trinajstić information content (AvgIpc) is 3.33. The highest BCUT2D eigenvalue weighted by Crippen LogP contribution is 2.17. The minimum atomic E-state index is -0.666. The topological polar surface area (TPSA) is 95.9 Å². The number of carbonyl (C=O) groups is 2. The molecule has 0 spiro atoms. The molecule has 6 nitrogen and oxygen atoms in total. The Bertz CT molecular complexity index is 1090. The van der Waals surface area contributed by atoms with Gasteiger partial charge in [0.15, 0.2) is 0 Å². The molecule has 0 aromatic heterocycles. The zero-order valence-corrected chi connectivity index (χ0v) is 44.9. The maximum atomic E-state index is 12.4. The largest absolute Gasteiger partial charge is 0.466 e. The minimum absolute atomic E-state index is 0.00351. The van der Waals surface area contributed by atoms with E-state index >= 15 is 0 Å². The molecule has 0 aliphatic carbocycles. The number of aliphatic hydroxyl groups is 2. The van der Waals surface area contributed by atoms with Gasteiger partial charge in [-0.15, -0.1) is 0 Å². The van der Waals surface area contributed by atoms with E-state index in [-0.39, 0.29) is 18.5 Å². The summed E-state index contributed by atoms with van der Waals surface area (Å²) >= 11 is 0. The van der Waals surface area contributed by atoms with Crippen molar-refractivity contribution in [1.82, 2.24) is 5.32 Å². The number of esters is 1. The quantitative estimate of drug-likeness (QED) is 0.0321. The molecule has 6 heteroatoms. The maximum Gasteiger partial charge on any atom is 0.305 e. The Labute approximate surface area is 417 Å². The van der Waals surface area contributed by atoms with Crippen molar-refractivity contribution in [2.45, 2.75) is 328 Å². The molecule has 0 saturated carbocycles. The van der Waals surface area contributed by atoms with Crippen molar-refractivity contribution in [3.63, 3.8) is 0 Å². The Balaban J connectivity index is 3.38. The molecular formula is C61H115NO5. The van der Waals surface area contributed by atoms with Crippen LogP contribution in [-0.4, -0.2) is 47.4 Å². The summed E-state index contributed by atoms with van der Waals surface area (Å²) in [6.45, 7) is 4.91. The van der Waals surface area contributed by atoms with Gasteiger partial charge in [0.25, 0.3) is 0 Å². The summed E-state index contributed by atoms with van der Waals surface area (Å²) in [5.41, 5.74) is 0. The van der Waals surface area contributed by atoms with Crippen LogP contribution in [0.15, 0.2) is 36.5 Å². The Hall–Kier alpha value is -1.92. The molecule has 2 atom stereocenters. The Morgan fingerprint density at radius 2 is 0.746 bits per heavy atom. The lowest BCUT2D eigenvalue weighted by Gasteiger charge is -2.22. The van der Waals surface area contributed by atoms with Crippen molar-refractivity contribution >= 4 is 11.9 Å². The number of ether oxygens (including phenoxy) is 1. The van der Waals surface area contributed by atoms with Gasteiger partial charge in [0.2, 0.25) is 5.91 Å². The highest BCUT2D eigenvalue weighted by Gasteiger charge is 2.20. The van der Waals surface area contributed by atoms with Crippen LogP contribution in [0.4, 0.5) is 0 Å². The third-order valence-electron chi connectivity index (χ3n) is 13.7. The van der Waals surface area contributed by atoms with Crippen LogP contribution in [0.2, 0.25) is 0 Å². The van der Waals surface area contributed by atoms with Gasteiger partial charge in [-0.2, -0.15) is 0 Å². The molecule has 0 rings (SSSR count). The fourth-order valence-electron chi connectivity index (χ4n) is 9.08. The third-order valence-corrected chi connectivity index (χ3v) is 13.7. The molecule has 0 saturated heterocycles. The minimum Gasteiger partial charge on any atom is -0.466 e. The van der Waals surface area contributed by atoms with Crippen LogP contribution in [0.1, 0.15) is 316 Å². The molecule has 0 bridgehead atoms. The summed E-state index contributed by atoms with van der Waals surface area (Å²) in [5, 5.41) is 23.1. The first-order valence-corrected chi connectivity index (χ1v) is 29.7. The van der Waals surface area contributed by atoms with Crippen molar-refractivity contribution < 1.29 is 24.5 Å². The molecule has 0 heterocycles. The van der Waals surface area contributed by atoms with Crippen molar-refractivity contribution in [3.05, 3.63) is 36.5 Å². The molecule has 0 fully saturated rings. The van der Waals surface area contributed by atoms with Gasteiger partial charge in [-0.3, -0.25) is 9.59 Å². The van der Waals surface area contributed by atoms with Crippen LogP contribution < -0.4 is 5.32 Å². The molecule has 0 aromatic carbocycles. The number of rotatable bonds is 55. The predicted molar refractivity (Wildman–Crippen MR) is 292 cm³/mol. The van der Waals surface area contributed by atoms with Crippen LogP contribution >= 0.6 is 0 Å². The van der Waals surface area contributed by atoms with E-state index in [4.69, 9.17) is 4.74 Å². The van der Waals surface area contributed by atoms with E-state index in [0.717, 1.165) is 51.4 Å². The fourth-order valence-corrected chi connectivity index (χ4v) is 9.08. The van der Waals surface area contributed by atoms with E-state index in [2.05, 4.69) is 55.6 Å². The van der Waals surface area contributed by atoms with Gasteiger partial charge >= 0.3 is 5.97 Å². The number of carbonyl (C=O) groups excluding carboxylic acids is 2.